The van der Waals surface area contributed by atoms with Gasteiger partial charge in [-0.1, -0.05) is 12.1 Å². The summed E-state index contributed by atoms with van der Waals surface area (Å²) in [6.45, 7) is 5.81. The maximum absolute atomic E-state index is 13.4. The van der Waals surface area contributed by atoms with Crippen LogP contribution < -0.4 is 10.9 Å². The lowest BCUT2D eigenvalue weighted by Crippen LogP contribution is -2.55. The number of pyridine rings is 1. The van der Waals surface area contributed by atoms with Gasteiger partial charge in [-0.3, -0.25) is 4.79 Å². The Balaban J connectivity index is 1.57. The molecule has 3 aliphatic rings. The van der Waals surface area contributed by atoms with Gasteiger partial charge in [-0.2, -0.15) is 13.2 Å². The minimum atomic E-state index is -4.52. The molecule has 10 heteroatoms. The molecule has 0 unspecified atom stereocenters. The molecular formula is C24H26F3N5O2. The maximum Gasteiger partial charge on any atom is 0.416 e. The van der Waals surface area contributed by atoms with Gasteiger partial charge in [0.15, 0.2) is 6.23 Å². The van der Waals surface area contributed by atoms with Crippen molar-refractivity contribution < 1.29 is 18.3 Å². The van der Waals surface area contributed by atoms with E-state index in [-0.39, 0.29) is 28.0 Å². The highest BCUT2D eigenvalue weighted by Gasteiger charge is 2.41. The molecule has 0 spiro atoms. The van der Waals surface area contributed by atoms with Crippen LogP contribution in [-0.2, 0) is 11.7 Å². The Labute approximate surface area is 194 Å². The van der Waals surface area contributed by atoms with Crippen molar-refractivity contribution >= 4 is 16.7 Å². The number of rotatable bonds is 4. The summed E-state index contributed by atoms with van der Waals surface area (Å²) >= 11 is 0. The number of hydrogen-bond acceptors (Lipinski definition) is 6. The Bertz CT molecular complexity index is 1300. The van der Waals surface area contributed by atoms with Crippen LogP contribution in [0.4, 0.5) is 19.0 Å². The van der Waals surface area contributed by atoms with Crippen LogP contribution in [0.2, 0.25) is 0 Å². The predicted molar refractivity (Wildman–Crippen MR) is 122 cm³/mol. The number of aromatic nitrogens is 3. The first-order chi connectivity index (χ1) is 16.1. The van der Waals surface area contributed by atoms with Crippen molar-refractivity contribution in [1.29, 1.82) is 0 Å². The summed E-state index contributed by atoms with van der Waals surface area (Å²) in [5.41, 5.74) is -0.736. The number of anilines is 1. The number of aryl methyl sites for hydroxylation is 1. The van der Waals surface area contributed by atoms with Crippen molar-refractivity contribution in [3.8, 4) is 0 Å². The van der Waals surface area contributed by atoms with Gasteiger partial charge in [0.25, 0.3) is 5.56 Å². The van der Waals surface area contributed by atoms with Gasteiger partial charge in [-0.05, 0) is 44.7 Å². The molecule has 3 aliphatic heterocycles. The average Bonchev–Trinajstić information content (AvgIpc) is 2.79. The molecule has 5 heterocycles. The van der Waals surface area contributed by atoms with Gasteiger partial charge in [0.1, 0.15) is 11.6 Å². The van der Waals surface area contributed by atoms with Crippen molar-refractivity contribution in [3.63, 3.8) is 0 Å². The van der Waals surface area contributed by atoms with E-state index < -0.39 is 18.0 Å². The van der Waals surface area contributed by atoms with Crippen LogP contribution in [0.3, 0.4) is 0 Å². The van der Waals surface area contributed by atoms with E-state index in [2.05, 4.69) is 20.2 Å². The summed E-state index contributed by atoms with van der Waals surface area (Å²) in [7, 11) is 0. The lowest BCUT2D eigenvalue weighted by molar-refractivity contribution is -0.138. The lowest BCUT2D eigenvalue weighted by atomic mass is 9.79. The molecule has 180 valence electrons. The van der Waals surface area contributed by atoms with E-state index in [1.165, 1.54) is 25.1 Å². The van der Waals surface area contributed by atoms with Gasteiger partial charge in [0.2, 0.25) is 0 Å². The van der Waals surface area contributed by atoms with Crippen molar-refractivity contribution in [1.82, 2.24) is 19.4 Å². The van der Waals surface area contributed by atoms with Crippen molar-refractivity contribution in [2.24, 2.45) is 0 Å². The quantitative estimate of drug-likeness (QED) is 0.562. The van der Waals surface area contributed by atoms with E-state index in [1.807, 2.05) is 0 Å². The van der Waals surface area contributed by atoms with E-state index in [4.69, 9.17) is 0 Å². The van der Waals surface area contributed by atoms with Gasteiger partial charge in [0, 0.05) is 37.5 Å². The van der Waals surface area contributed by atoms with Gasteiger partial charge < -0.3 is 19.9 Å². The number of aliphatic hydroxyl groups excluding tert-OH is 1. The van der Waals surface area contributed by atoms with Crippen LogP contribution in [0.1, 0.15) is 48.0 Å². The van der Waals surface area contributed by atoms with Gasteiger partial charge in [0.05, 0.1) is 22.0 Å². The van der Waals surface area contributed by atoms with Crippen molar-refractivity contribution in [2.45, 2.75) is 51.1 Å². The summed E-state index contributed by atoms with van der Waals surface area (Å²) in [6.07, 6.45) is -1.59. The first-order valence-electron chi connectivity index (χ1n) is 11.3. The molecule has 0 aliphatic carbocycles. The second-order valence-corrected chi connectivity index (χ2v) is 9.28. The molecule has 0 amide bonds. The Morgan fingerprint density at radius 1 is 1.12 bits per heavy atom. The zero-order valence-electron chi connectivity index (χ0n) is 19.0. The largest absolute Gasteiger partial charge is 0.416 e. The maximum atomic E-state index is 13.4. The number of alkyl halides is 3. The zero-order valence-corrected chi connectivity index (χ0v) is 19.0. The summed E-state index contributed by atoms with van der Waals surface area (Å²) in [5, 5.41) is 14.3. The van der Waals surface area contributed by atoms with E-state index >= 15 is 0 Å². The number of fused-ring (bicyclic) bond motifs is 4. The third-order valence-corrected chi connectivity index (χ3v) is 7.28. The van der Waals surface area contributed by atoms with E-state index in [0.29, 0.717) is 16.7 Å². The fourth-order valence-corrected chi connectivity index (χ4v) is 5.33. The van der Waals surface area contributed by atoms with Crippen LogP contribution in [0.15, 0.2) is 35.3 Å². The highest BCUT2D eigenvalue weighted by Crippen LogP contribution is 2.39. The molecule has 34 heavy (non-hydrogen) atoms. The second-order valence-electron chi connectivity index (χ2n) is 9.28. The molecule has 6 rings (SSSR count). The van der Waals surface area contributed by atoms with Gasteiger partial charge >= 0.3 is 6.18 Å². The van der Waals surface area contributed by atoms with Crippen molar-refractivity contribution in [3.05, 3.63) is 63.3 Å². The highest BCUT2D eigenvalue weighted by molar-refractivity contribution is 5.88. The number of nitrogens with zero attached hydrogens (tertiary/aromatic N) is 4. The molecule has 2 aromatic heterocycles. The minimum absolute atomic E-state index is 0.0603. The summed E-state index contributed by atoms with van der Waals surface area (Å²) < 4.78 is 41.8. The molecular weight excluding hydrogens is 447 g/mol. The normalized spacial score (nSPS) is 23.3. The molecule has 2 bridgehead atoms. The number of benzene rings is 1. The molecule has 1 atom stereocenters. The monoisotopic (exact) mass is 473 g/mol. The highest BCUT2D eigenvalue weighted by atomic mass is 19.4. The summed E-state index contributed by atoms with van der Waals surface area (Å²) in [6, 6.07) is 5.19. The standard InChI is InChI=1S/C24H26F3N5O2/c1-14-16(4-3-5-18(14)24(25,26)27)22(34)30-21-17-13-32(20(33)12-19(17)28-15(2)29-21)23-6-9-31(10-7-23)11-8-23/h3-5,12-13,22,34H,6-11H2,1-2H3,(H,28,29,30)/t22-/m1/s1. The van der Waals surface area contributed by atoms with E-state index in [1.54, 1.807) is 17.7 Å². The number of halogens is 3. The molecule has 0 radical (unpaired) electrons. The molecule has 3 aromatic rings. The van der Waals surface area contributed by atoms with Crippen LogP contribution in [0.5, 0.6) is 0 Å². The molecule has 1 aromatic carbocycles. The first kappa shape index (κ1) is 22.8. The summed E-state index contributed by atoms with van der Waals surface area (Å²) in [5.74, 6) is 0.648. The van der Waals surface area contributed by atoms with E-state index in [0.717, 1.165) is 45.0 Å². The van der Waals surface area contributed by atoms with Gasteiger partial charge in [-0.25, -0.2) is 9.97 Å². The van der Waals surface area contributed by atoms with Crippen LogP contribution in [0, 0.1) is 13.8 Å². The first-order valence-corrected chi connectivity index (χ1v) is 11.3. The topological polar surface area (TPSA) is 83.3 Å². The predicted octanol–water partition coefficient (Wildman–Crippen LogP) is 3.72. The van der Waals surface area contributed by atoms with E-state index in [9.17, 15) is 23.1 Å². The van der Waals surface area contributed by atoms with Crippen LogP contribution in [-0.4, -0.2) is 44.2 Å². The lowest BCUT2D eigenvalue weighted by Gasteiger charge is -2.49. The number of nitrogens with one attached hydrogen (secondary N) is 1. The minimum Gasteiger partial charge on any atom is -0.369 e. The average molecular weight is 473 g/mol. The zero-order chi connectivity index (χ0) is 24.3. The van der Waals surface area contributed by atoms with Crippen LogP contribution >= 0.6 is 0 Å². The second kappa shape index (κ2) is 8.06. The number of hydrogen-bond donors (Lipinski definition) is 2. The molecule has 0 saturated carbocycles. The van der Waals surface area contributed by atoms with Gasteiger partial charge in [-0.15, -0.1) is 0 Å². The third kappa shape index (κ3) is 3.84. The molecule has 7 nitrogen and oxygen atoms in total. The molecule has 3 saturated heterocycles. The van der Waals surface area contributed by atoms with Crippen LogP contribution in [0.25, 0.3) is 10.9 Å². The third-order valence-electron chi connectivity index (χ3n) is 7.28. The SMILES string of the molecule is Cc1nc(N[C@H](O)c2cccc(C(F)(F)F)c2C)c2cn(C34CCN(CC3)CC4)c(=O)cc2n1. The molecule has 3 fully saturated rings. The van der Waals surface area contributed by atoms with Crippen molar-refractivity contribution in [2.75, 3.05) is 25.0 Å². The Morgan fingerprint density at radius 2 is 1.79 bits per heavy atom. The fourth-order valence-electron chi connectivity index (χ4n) is 5.33. The fraction of sp³-hybridized carbons (Fsp3) is 0.458. The Kier molecular flexibility index (Phi) is 5.40. The smallest absolute Gasteiger partial charge is 0.369 e. The Morgan fingerprint density at radius 3 is 2.44 bits per heavy atom. The summed E-state index contributed by atoms with van der Waals surface area (Å²) in [4.78, 5) is 24.3. The molecule has 2 N–H and O–H groups in total. The number of aliphatic hydroxyl groups is 1. The Hall–Kier alpha value is -2.98. The number of piperidine rings is 3.